The summed E-state index contributed by atoms with van der Waals surface area (Å²) in [7, 11) is 3.16. The monoisotopic (exact) mass is 414 g/mol. The maximum atomic E-state index is 12.7. The summed E-state index contributed by atoms with van der Waals surface area (Å²) in [6, 6.07) is 14.7. The van der Waals surface area contributed by atoms with Gasteiger partial charge in [-0.1, -0.05) is 23.7 Å². The first kappa shape index (κ1) is 20.8. The molecule has 0 spiro atoms. The number of nitrogens with one attached hydrogen (secondary N) is 1. The van der Waals surface area contributed by atoms with Crippen molar-refractivity contribution in [1.82, 2.24) is 9.88 Å². The van der Waals surface area contributed by atoms with Gasteiger partial charge in [0, 0.05) is 32.1 Å². The molecule has 0 fully saturated rings. The molecule has 0 aliphatic rings. The Bertz CT molecular complexity index is 940. The molecule has 1 heterocycles. The van der Waals surface area contributed by atoms with Crippen molar-refractivity contribution in [3.63, 3.8) is 0 Å². The molecule has 0 saturated heterocycles. The number of halogens is 1. The number of aromatic nitrogens is 1. The zero-order valence-corrected chi connectivity index (χ0v) is 17.1. The summed E-state index contributed by atoms with van der Waals surface area (Å²) in [6.45, 7) is 1.40. The van der Waals surface area contributed by atoms with Gasteiger partial charge in [-0.15, -0.1) is 0 Å². The molecule has 3 rings (SSSR count). The third-order valence-electron chi connectivity index (χ3n) is 4.33. The van der Waals surface area contributed by atoms with E-state index in [1.807, 2.05) is 53.4 Å². The Morgan fingerprint density at radius 3 is 2.45 bits per heavy atom. The normalized spacial score (nSPS) is 10.6. The number of methoxy groups -OCH3 is 2. The van der Waals surface area contributed by atoms with Crippen LogP contribution >= 0.6 is 11.6 Å². The van der Waals surface area contributed by atoms with Gasteiger partial charge in [0.2, 0.25) is 0 Å². The first-order valence-electron chi connectivity index (χ1n) is 9.12. The number of nitrogens with zero attached hydrogens (tertiary/aromatic N) is 1. The van der Waals surface area contributed by atoms with Gasteiger partial charge in [-0.05, 0) is 35.9 Å². The summed E-state index contributed by atoms with van der Waals surface area (Å²) in [6.07, 6.45) is 3.76. The van der Waals surface area contributed by atoms with Gasteiger partial charge in [0.15, 0.2) is 0 Å². The summed E-state index contributed by atoms with van der Waals surface area (Å²) in [5.41, 5.74) is 2.08. The molecule has 0 aliphatic carbocycles. The fourth-order valence-corrected chi connectivity index (χ4v) is 3.07. The second-order valence-electron chi connectivity index (χ2n) is 6.26. The standard InChI is InChI=1S/C22H23ClN2O4/c1-27-11-12-29-17-7-5-16(6-8-17)15-24-22(26)18-13-19(23)20(14-21(18)28-2)25-9-3-4-10-25/h3-10,13-14H,11-12,15H2,1-2H3,(H,24,26). The van der Waals surface area contributed by atoms with Crippen molar-refractivity contribution in [3.8, 4) is 17.2 Å². The Morgan fingerprint density at radius 2 is 1.79 bits per heavy atom. The van der Waals surface area contributed by atoms with E-state index >= 15 is 0 Å². The van der Waals surface area contributed by atoms with Gasteiger partial charge >= 0.3 is 0 Å². The largest absolute Gasteiger partial charge is 0.496 e. The molecular weight excluding hydrogens is 392 g/mol. The van der Waals surface area contributed by atoms with Crippen molar-refractivity contribution < 1.29 is 19.0 Å². The third-order valence-corrected chi connectivity index (χ3v) is 4.63. The van der Waals surface area contributed by atoms with Crippen molar-refractivity contribution in [2.45, 2.75) is 6.54 Å². The van der Waals surface area contributed by atoms with Crippen molar-refractivity contribution in [2.24, 2.45) is 0 Å². The predicted molar refractivity (Wildman–Crippen MR) is 112 cm³/mol. The van der Waals surface area contributed by atoms with Crippen molar-refractivity contribution >= 4 is 17.5 Å². The molecule has 1 N–H and O–H groups in total. The fourth-order valence-electron chi connectivity index (χ4n) is 2.81. The molecule has 152 valence electrons. The van der Waals surface area contributed by atoms with E-state index in [0.29, 0.717) is 36.1 Å². The Hall–Kier alpha value is -2.96. The van der Waals surface area contributed by atoms with Crippen LogP contribution < -0.4 is 14.8 Å². The molecule has 0 saturated carbocycles. The maximum absolute atomic E-state index is 12.7. The van der Waals surface area contributed by atoms with Crippen LogP contribution in [0.15, 0.2) is 60.9 Å². The molecule has 0 bridgehead atoms. The molecule has 3 aromatic rings. The van der Waals surface area contributed by atoms with E-state index in [1.54, 1.807) is 19.2 Å². The second-order valence-corrected chi connectivity index (χ2v) is 6.67. The molecule has 6 nitrogen and oxygen atoms in total. The van der Waals surface area contributed by atoms with Crippen molar-refractivity contribution in [3.05, 3.63) is 77.1 Å². The number of hydrogen-bond donors (Lipinski definition) is 1. The van der Waals surface area contributed by atoms with E-state index < -0.39 is 0 Å². The lowest BCUT2D eigenvalue weighted by Gasteiger charge is -2.14. The van der Waals surface area contributed by atoms with Gasteiger partial charge < -0.3 is 24.1 Å². The van der Waals surface area contributed by atoms with E-state index in [9.17, 15) is 4.79 Å². The highest BCUT2D eigenvalue weighted by Gasteiger charge is 2.16. The molecule has 7 heteroatoms. The van der Waals surface area contributed by atoms with Gasteiger partial charge in [0.25, 0.3) is 5.91 Å². The molecular formula is C22H23ClN2O4. The highest BCUT2D eigenvalue weighted by Crippen LogP contribution is 2.30. The van der Waals surface area contributed by atoms with E-state index in [2.05, 4.69) is 5.32 Å². The molecule has 0 radical (unpaired) electrons. The summed E-state index contributed by atoms with van der Waals surface area (Å²) in [4.78, 5) is 12.7. The lowest BCUT2D eigenvalue weighted by atomic mass is 10.1. The van der Waals surface area contributed by atoms with Crippen LogP contribution in [-0.2, 0) is 11.3 Å². The fraction of sp³-hybridized carbons (Fsp3) is 0.227. The minimum absolute atomic E-state index is 0.261. The van der Waals surface area contributed by atoms with Crippen molar-refractivity contribution in [2.75, 3.05) is 27.4 Å². The first-order chi connectivity index (χ1) is 14.1. The molecule has 1 aromatic heterocycles. The molecule has 1 amide bonds. The van der Waals surface area contributed by atoms with Crippen LogP contribution in [0.1, 0.15) is 15.9 Å². The van der Waals surface area contributed by atoms with Gasteiger partial charge in [-0.2, -0.15) is 0 Å². The summed E-state index contributed by atoms with van der Waals surface area (Å²) < 4.78 is 17.8. The number of carbonyl (C=O) groups is 1. The lowest BCUT2D eigenvalue weighted by Crippen LogP contribution is -2.23. The molecule has 0 unspecified atom stereocenters. The van der Waals surface area contributed by atoms with Gasteiger partial charge in [-0.3, -0.25) is 4.79 Å². The van der Waals surface area contributed by atoms with Gasteiger partial charge in [-0.25, -0.2) is 0 Å². The van der Waals surface area contributed by atoms with Gasteiger partial charge in [0.1, 0.15) is 18.1 Å². The number of ether oxygens (including phenoxy) is 3. The van der Waals surface area contributed by atoms with Gasteiger partial charge in [0.05, 0.1) is 30.0 Å². The van der Waals surface area contributed by atoms with E-state index in [-0.39, 0.29) is 5.91 Å². The average Bonchev–Trinajstić information content (AvgIpc) is 3.27. The minimum atomic E-state index is -0.261. The third kappa shape index (κ3) is 5.31. The summed E-state index contributed by atoms with van der Waals surface area (Å²) in [5, 5.41) is 3.36. The Kier molecular flexibility index (Phi) is 7.16. The molecule has 0 aliphatic heterocycles. The number of amides is 1. The topological polar surface area (TPSA) is 61.7 Å². The Morgan fingerprint density at radius 1 is 1.07 bits per heavy atom. The molecule has 2 aromatic carbocycles. The van der Waals surface area contributed by atoms with E-state index in [1.165, 1.54) is 7.11 Å². The maximum Gasteiger partial charge on any atom is 0.255 e. The smallest absolute Gasteiger partial charge is 0.255 e. The zero-order valence-electron chi connectivity index (χ0n) is 16.4. The van der Waals surface area contributed by atoms with Crippen molar-refractivity contribution in [1.29, 1.82) is 0 Å². The highest BCUT2D eigenvalue weighted by molar-refractivity contribution is 6.33. The van der Waals surface area contributed by atoms with Crippen LogP contribution in [0, 0.1) is 0 Å². The van der Waals surface area contributed by atoms with Crippen LogP contribution in [0.4, 0.5) is 0 Å². The molecule has 0 atom stereocenters. The number of carbonyl (C=O) groups excluding carboxylic acids is 1. The highest BCUT2D eigenvalue weighted by atomic mass is 35.5. The predicted octanol–water partition coefficient (Wildman–Crippen LogP) is 4.09. The SMILES string of the molecule is COCCOc1ccc(CNC(=O)c2cc(Cl)c(-n3cccc3)cc2OC)cc1. The lowest BCUT2D eigenvalue weighted by molar-refractivity contribution is 0.0948. The first-order valence-corrected chi connectivity index (χ1v) is 9.50. The second kappa shape index (κ2) is 10.0. The minimum Gasteiger partial charge on any atom is -0.496 e. The molecule has 29 heavy (non-hydrogen) atoms. The number of benzene rings is 2. The summed E-state index contributed by atoms with van der Waals surface area (Å²) >= 11 is 6.40. The average molecular weight is 415 g/mol. The van der Waals surface area contributed by atoms with Crippen LogP contribution in [-0.4, -0.2) is 37.9 Å². The summed E-state index contributed by atoms with van der Waals surface area (Å²) in [5.74, 6) is 0.951. The quantitative estimate of drug-likeness (QED) is 0.535. The van der Waals surface area contributed by atoms with Crippen LogP contribution in [0.25, 0.3) is 5.69 Å². The van der Waals surface area contributed by atoms with Crippen LogP contribution in [0.2, 0.25) is 5.02 Å². The van der Waals surface area contributed by atoms with E-state index in [4.69, 9.17) is 25.8 Å². The van der Waals surface area contributed by atoms with Crippen LogP contribution in [0.5, 0.6) is 11.5 Å². The van der Waals surface area contributed by atoms with Crippen LogP contribution in [0.3, 0.4) is 0 Å². The zero-order chi connectivity index (χ0) is 20.6. The number of hydrogen-bond acceptors (Lipinski definition) is 4. The Balaban J connectivity index is 1.67. The number of rotatable bonds is 9. The Labute approximate surface area is 175 Å². The van der Waals surface area contributed by atoms with E-state index in [0.717, 1.165) is 17.0 Å².